The zero-order valence-corrected chi connectivity index (χ0v) is 12.6. The Balaban J connectivity index is 2.05. The Hall–Kier alpha value is -3.13. The highest BCUT2D eigenvalue weighted by atomic mass is 16.2. The largest absolute Gasteiger partial charge is 0.334 e. The molecule has 0 aromatic heterocycles. The van der Waals surface area contributed by atoms with E-state index in [0.717, 1.165) is 16.0 Å². The van der Waals surface area contributed by atoms with Crippen molar-refractivity contribution < 1.29 is 9.59 Å². The fourth-order valence-corrected chi connectivity index (χ4v) is 2.07. The lowest BCUT2D eigenvalue weighted by molar-refractivity contribution is -0.127. The number of nitrogens with one attached hydrogen (secondary N) is 1. The smallest absolute Gasteiger partial charge is 0.324 e. The average molecular weight is 307 g/mol. The van der Waals surface area contributed by atoms with Crippen LogP contribution in [0.25, 0.3) is 0 Å². The van der Waals surface area contributed by atoms with E-state index in [4.69, 9.17) is 5.26 Å². The second kappa shape index (κ2) is 8.35. The molecule has 0 aliphatic rings. The summed E-state index contributed by atoms with van der Waals surface area (Å²) in [6.07, 6.45) is -0.328. The standard InChI is InChI=1S/C18H17N3O2/c19-12-11-17(22)21(14-16-9-5-2-6-10-16)18(23)20-13-15-7-3-1-4-8-15/h1-10H,11,13-14H2,(H,20,23). The van der Waals surface area contributed by atoms with Crippen LogP contribution in [-0.2, 0) is 17.9 Å². The lowest BCUT2D eigenvalue weighted by Crippen LogP contribution is -2.42. The van der Waals surface area contributed by atoms with Crippen LogP contribution in [-0.4, -0.2) is 16.8 Å². The van der Waals surface area contributed by atoms with Crippen LogP contribution in [0.4, 0.5) is 4.79 Å². The summed E-state index contributed by atoms with van der Waals surface area (Å²) in [7, 11) is 0. The van der Waals surface area contributed by atoms with Gasteiger partial charge in [0, 0.05) is 6.54 Å². The number of rotatable bonds is 5. The molecule has 0 unspecified atom stereocenters. The van der Waals surface area contributed by atoms with E-state index in [1.54, 1.807) is 6.07 Å². The Kier molecular flexibility index (Phi) is 5.89. The highest BCUT2D eigenvalue weighted by molar-refractivity contribution is 5.95. The predicted octanol–water partition coefficient (Wildman–Crippen LogP) is 2.84. The summed E-state index contributed by atoms with van der Waals surface area (Å²) in [4.78, 5) is 25.4. The van der Waals surface area contributed by atoms with Gasteiger partial charge in [0.25, 0.3) is 0 Å². The first-order valence-electron chi connectivity index (χ1n) is 7.23. The van der Waals surface area contributed by atoms with Crippen molar-refractivity contribution in [2.24, 2.45) is 0 Å². The first kappa shape index (κ1) is 16.2. The third-order valence-corrected chi connectivity index (χ3v) is 3.25. The van der Waals surface area contributed by atoms with Crippen molar-refractivity contribution in [1.29, 1.82) is 5.26 Å². The number of nitrogens with zero attached hydrogens (tertiary/aromatic N) is 2. The Morgan fingerprint density at radius 2 is 1.52 bits per heavy atom. The van der Waals surface area contributed by atoms with Gasteiger partial charge in [-0.15, -0.1) is 0 Å². The minimum absolute atomic E-state index is 0.141. The maximum absolute atomic E-state index is 12.3. The van der Waals surface area contributed by atoms with Crippen LogP contribution in [0.3, 0.4) is 0 Å². The van der Waals surface area contributed by atoms with Gasteiger partial charge in [0.15, 0.2) is 0 Å². The zero-order valence-electron chi connectivity index (χ0n) is 12.6. The molecular weight excluding hydrogens is 290 g/mol. The highest BCUT2D eigenvalue weighted by Gasteiger charge is 2.21. The van der Waals surface area contributed by atoms with Crippen LogP contribution in [0.5, 0.6) is 0 Å². The average Bonchev–Trinajstić information content (AvgIpc) is 2.59. The van der Waals surface area contributed by atoms with Gasteiger partial charge in [0.2, 0.25) is 5.91 Å². The van der Waals surface area contributed by atoms with Gasteiger partial charge in [-0.25, -0.2) is 4.79 Å². The monoisotopic (exact) mass is 307 g/mol. The van der Waals surface area contributed by atoms with E-state index in [2.05, 4.69) is 5.32 Å². The third kappa shape index (κ3) is 4.97. The molecule has 0 aliphatic carbocycles. The van der Waals surface area contributed by atoms with Crippen LogP contribution in [0.15, 0.2) is 60.7 Å². The molecule has 1 N–H and O–H groups in total. The summed E-state index contributed by atoms with van der Waals surface area (Å²) >= 11 is 0. The molecule has 116 valence electrons. The van der Waals surface area contributed by atoms with Crippen LogP contribution >= 0.6 is 0 Å². The van der Waals surface area contributed by atoms with E-state index in [1.807, 2.05) is 60.7 Å². The van der Waals surface area contributed by atoms with E-state index in [0.29, 0.717) is 6.54 Å². The molecule has 0 bridgehead atoms. The van der Waals surface area contributed by atoms with Crippen LogP contribution in [0.1, 0.15) is 17.5 Å². The molecule has 3 amide bonds. The second-order valence-corrected chi connectivity index (χ2v) is 4.94. The Morgan fingerprint density at radius 3 is 2.09 bits per heavy atom. The van der Waals surface area contributed by atoms with Crippen molar-refractivity contribution in [3.05, 3.63) is 71.8 Å². The van der Waals surface area contributed by atoms with Gasteiger partial charge in [-0.05, 0) is 11.1 Å². The van der Waals surface area contributed by atoms with Gasteiger partial charge in [-0.1, -0.05) is 60.7 Å². The number of carbonyl (C=O) groups is 2. The van der Waals surface area contributed by atoms with Crippen molar-refractivity contribution >= 4 is 11.9 Å². The number of carbonyl (C=O) groups excluding carboxylic acids is 2. The maximum atomic E-state index is 12.3. The minimum Gasteiger partial charge on any atom is -0.334 e. The second-order valence-electron chi connectivity index (χ2n) is 4.94. The molecule has 2 rings (SSSR count). The van der Waals surface area contributed by atoms with Crippen LogP contribution < -0.4 is 5.32 Å². The summed E-state index contributed by atoms with van der Waals surface area (Å²) in [5, 5.41) is 11.4. The Labute approximate surface area is 135 Å². The third-order valence-electron chi connectivity index (χ3n) is 3.25. The molecule has 2 aromatic carbocycles. The first-order chi connectivity index (χ1) is 11.2. The molecule has 0 fully saturated rings. The summed E-state index contributed by atoms with van der Waals surface area (Å²) in [6.45, 7) is 0.465. The van der Waals surface area contributed by atoms with Gasteiger partial charge in [-0.3, -0.25) is 9.69 Å². The number of nitriles is 1. The predicted molar refractivity (Wildman–Crippen MR) is 85.9 cm³/mol. The number of amides is 3. The molecule has 0 radical (unpaired) electrons. The fraction of sp³-hybridized carbons (Fsp3) is 0.167. The molecule has 0 heterocycles. The fourth-order valence-electron chi connectivity index (χ4n) is 2.07. The number of imide groups is 1. The molecular formula is C18H17N3O2. The molecule has 0 saturated heterocycles. The van der Waals surface area contributed by atoms with E-state index >= 15 is 0 Å². The number of hydrogen-bond donors (Lipinski definition) is 1. The Morgan fingerprint density at radius 1 is 0.957 bits per heavy atom. The molecule has 23 heavy (non-hydrogen) atoms. The van der Waals surface area contributed by atoms with Gasteiger partial charge >= 0.3 is 6.03 Å². The van der Waals surface area contributed by atoms with Gasteiger partial charge in [-0.2, -0.15) is 5.26 Å². The molecule has 5 heteroatoms. The molecule has 0 saturated carbocycles. The number of hydrogen-bond acceptors (Lipinski definition) is 3. The highest BCUT2D eigenvalue weighted by Crippen LogP contribution is 2.07. The van der Waals surface area contributed by atoms with Crippen LogP contribution in [0, 0.1) is 11.3 Å². The number of urea groups is 1. The van der Waals surface area contributed by atoms with Crippen molar-refractivity contribution in [2.75, 3.05) is 0 Å². The van der Waals surface area contributed by atoms with Crippen molar-refractivity contribution in [3.63, 3.8) is 0 Å². The zero-order chi connectivity index (χ0) is 16.5. The van der Waals surface area contributed by atoms with Crippen molar-refractivity contribution in [3.8, 4) is 6.07 Å². The summed E-state index contributed by atoms with van der Waals surface area (Å²) in [6, 6.07) is 19.9. The van der Waals surface area contributed by atoms with E-state index in [-0.39, 0.29) is 13.0 Å². The minimum atomic E-state index is -0.512. The molecule has 0 spiro atoms. The van der Waals surface area contributed by atoms with Gasteiger partial charge < -0.3 is 5.32 Å². The maximum Gasteiger partial charge on any atom is 0.324 e. The van der Waals surface area contributed by atoms with Crippen molar-refractivity contribution in [1.82, 2.24) is 10.2 Å². The molecule has 5 nitrogen and oxygen atoms in total. The summed E-state index contributed by atoms with van der Waals surface area (Å²) < 4.78 is 0. The summed E-state index contributed by atoms with van der Waals surface area (Å²) in [5.41, 5.74) is 1.77. The quantitative estimate of drug-likeness (QED) is 0.923. The molecule has 0 atom stereocenters. The molecule has 0 aliphatic heterocycles. The lowest BCUT2D eigenvalue weighted by atomic mass is 10.2. The van der Waals surface area contributed by atoms with E-state index < -0.39 is 11.9 Å². The first-order valence-corrected chi connectivity index (χ1v) is 7.23. The Bertz CT molecular complexity index is 693. The van der Waals surface area contributed by atoms with Crippen molar-refractivity contribution in [2.45, 2.75) is 19.5 Å². The SMILES string of the molecule is N#CCC(=O)N(Cc1ccccc1)C(=O)NCc1ccccc1. The topological polar surface area (TPSA) is 73.2 Å². The van der Waals surface area contributed by atoms with Gasteiger partial charge in [0.05, 0.1) is 12.6 Å². The van der Waals surface area contributed by atoms with Gasteiger partial charge in [0.1, 0.15) is 6.42 Å². The molecule has 2 aromatic rings. The van der Waals surface area contributed by atoms with E-state index in [1.165, 1.54) is 0 Å². The van der Waals surface area contributed by atoms with Crippen LogP contribution in [0.2, 0.25) is 0 Å². The van der Waals surface area contributed by atoms with E-state index in [9.17, 15) is 9.59 Å². The summed E-state index contributed by atoms with van der Waals surface area (Å²) in [5.74, 6) is -0.512. The number of benzene rings is 2. The lowest BCUT2D eigenvalue weighted by Gasteiger charge is -2.20. The normalized spacial score (nSPS) is 9.70.